The number of methoxy groups -OCH3 is 1. The van der Waals surface area contributed by atoms with Gasteiger partial charge in [-0.1, -0.05) is 23.7 Å². The van der Waals surface area contributed by atoms with Crippen molar-refractivity contribution in [3.05, 3.63) is 69.8 Å². The highest BCUT2D eigenvalue weighted by Crippen LogP contribution is 2.39. The fraction of sp³-hybridized carbons (Fsp3) is 0.263. The van der Waals surface area contributed by atoms with Gasteiger partial charge in [0.25, 0.3) is 5.91 Å². The zero-order valence-electron chi connectivity index (χ0n) is 14.4. The molecule has 6 nitrogen and oxygen atoms in total. The first-order chi connectivity index (χ1) is 12.4. The first-order valence-electron chi connectivity index (χ1n) is 8.03. The summed E-state index contributed by atoms with van der Waals surface area (Å²) in [6, 6.07) is 9.25. The molecule has 1 atom stereocenters. The molecule has 3 rings (SSSR count). The van der Waals surface area contributed by atoms with E-state index in [9.17, 15) is 14.7 Å². The van der Waals surface area contributed by atoms with Crippen LogP contribution >= 0.6 is 11.6 Å². The van der Waals surface area contributed by atoms with E-state index in [1.165, 1.54) is 18.1 Å². The van der Waals surface area contributed by atoms with Crippen LogP contribution in [0, 0.1) is 6.92 Å². The molecule has 136 valence electrons. The summed E-state index contributed by atoms with van der Waals surface area (Å²) in [5.74, 6) is -1.11. The van der Waals surface area contributed by atoms with Gasteiger partial charge in [-0.05, 0) is 36.8 Å². The molecule has 0 radical (unpaired) electrons. The third-order valence-electron chi connectivity index (χ3n) is 4.21. The van der Waals surface area contributed by atoms with Crippen LogP contribution in [-0.2, 0) is 9.53 Å². The normalized spacial score (nSPS) is 17.3. The number of aliphatic hydroxyl groups excluding tert-OH is 1. The average Bonchev–Trinajstić information content (AvgIpc) is 3.15. The smallest absolute Gasteiger partial charge is 0.290 e. The summed E-state index contributed by atoms with van der Waals surface area (Å²) in [6.45, 7) is 2.19. The molecule has 0 saturated carbocycles. The minimum atomic E-state index is -0.769. The highest BCUT2D eigenvalue weighted by atomic mass is 35.5. The summed E-state index contributed by atoms with van der Waals surface area (Å²) in [4.78, 5) is 26.9. The number of carbonyl (C=O) groups is 2. The van der Waals surface area contributed by atoms with E-state index in [4.69, 9.17) is 20.8 Å². The Hall–Kier alpha value is -2.57. The summed E-state index contributed by atoms with van der Waals surface area (Å²) >= 11 is 6.09. The second kappa shape index (κ2) is 7.35. The van der Waals surface area contributed by atoms with Crippen LogP contribution in [0.25, 0.3) is 0 Å². The first kappa shape index (κ1) is 18.2. The molecule has 2 heterocycles. The van der Waals surface area contributed by atoms with Gasteiger partial charge in [0.1, 0.15) is 5.76 Å². The van der Waals surface area contributed by atoms with Crippen LogP contribution in [0.15, 0.2) is 52.1 Å². The lowest BCUT2D eigenvalue weighted by Crippen LogP contribution is -2.34. The molecule has 7 heteroatoms. The number of furan rings is 1. The number of ether oxygens (including phenoxy) is 1. The number of amides is 1. The van der Waals surface area contributed by atoms with E-state index < -0.39 is 23.5 Å². The minimum Gasteiger partial charge on any atom is -0.503 e. The second-order valence-electron chi connectivity index (χ2n) is 5.95. The molecule has 1 aromatic heterocycles. The fourth-order valence-electron chi connectivity index (χ4n) is 3.02. The third-order valence-corrected chi connectivity index (χ3v) is 4.45. The van der Waals surface area contributed by atoms with Crippen molar-refractivity contribution in [2.45, 2.75) is 13.0 Å². The Balaban J connectivity index is 2.08. The maximum absolute atomic E-state index is 12.9. The lowest BCUT2D eigenvalue weighted by molar-refractivity contribution is -0.130. The topological polar surface area (TPSA) is 80.0 Å². The maximum atomic E-state index is 12.9. The van der Waals surface area contributed by atoms with Crippen molar-refractivity contribution in [1.82, 2.24) is 4.90 Å². The van der Waals surface area contributed by atoms with Crippen LogP contribution < -0.4 is 0 Å². The number of aliphatic hydroxyl groups is 1. The van der Waals surface area contributed by atoms with Crippen molar-refractivity contribution in [3.8, 4) is 0 Å². The molecule has 1 N–H and O–H groups in total. The molecule has 0 saturated heterocycles. The van der Waals surface area contributed by atoms with Gasteiger partial charge in [-0.3, -0.25) is 9.59 Å². The van der Waals surface area contributed by atoms with Crippen LogP contribution in [0.4, 0.5) is 0 Å². The molecule has 0 fully saturated rings. The third kappa shape index (κ3) is 3.25. The molecule has 1 amide bonds. The van der Waals surface area contributed by atoms with E-state index >= 15 is 0 Å². The lowest BCUT2D eigenvalue weighted by Gasteiger charge is -2.26. The monoisotopic (exact) mass is 375 g/mol. The summed E-state index contributed by atoms with van der Waals surface area (Å²) in [6.07, 6.45) is 0. The molecule has 0 aliphatic carbocycles. The van der Waals surface area contributed by atoms with Crippen LogP contribution in [0.3, 0.4) is 0 Å². The number of rotatable bonds is 6. The number of ketones is 1. The Kier molecular flexibility index (Phi) is 5.15. The molecule has 1 aliphatic heterocycles. The standard InChI is InChI=1S/C19H18ClNO5/c1-11-6-7-14(26-11)17(22)15-16(12-4-3-5-13(20)10-12)21(8-9-25-2)19(24)18(15)23/h3-7,10,16,23H,8-9H2,1-2H3/t16-/m0/s1. The highest BCUT2D eigenvalue weighted by Gasteiger charge is 2.44. The predicted molar refractivity (Wildman–Crippen MR) is 95.2 cm³/mol. The van der Waals surface area contributed by atoms with Gasteiger partial charge in [0.05, 0.1) is 18.2 Å². The Morgan fingerprint density at radius 3 is 2.73 bits per heavy atom. The first-order valence-corrected chi connectivity index (χ1v) is 8.41. The molecule has 1 aliphatic rings. The van der Waals surface area contributed by atoms with Crippen LogP contribution in [0.5, 0.6) is 0 Å². The van der Waals surface area contributed by atoms with Gasteiger partial charge in [-0.15, -0.1) is 0 Å². The van der Waals surface area contributed by atoms with Gasteiger partial charge in [0, 0.05) is 18.7 Å². The van der Waals surface area contributed by atoms with E-state index in [2.05, 4.69) is 0 Å². The number of nitrogens with zero attached hydrogens (tertiary/aromatic N) is 1. The largest absolute Gasteiger partial charge is 0.503 e. The van der Waals surface area contributed by atoms with E-state index in [0.717, 1.165) is 0 Å². The summed E-state index contributed by atoms with van der Waals surface area (Å²) in [5, 5.41) is 10.9. The Morgan fingerprint density at radius 2 is 2.12 bits per heavy atom. The zero-order valence-corrected chi connectivity index (χ0v) is 15.1. The van der Waals surface area contributed by atoms with E-state index in [-0.39, 0.29) is 24.5 Å². The quantitative estimate of drug-likeness (QED) is 0.782. The summed E-state index contributed by atoms with van der Waals surface area (Å²) in [7, 11) is 1.51. The summed E-state index contributed by atoms with van der Waals surface area (Å²) < 4.78 is 10.4. The molecular formula is C19H18ClNO5. The lowest BCUT2D eigenvalue weighted by atomic mass is 9.95. The molecule has 2 aromatic rings. The number of halogens is 1. The van der Waals surface area contributed by atoms with Gasteiger partial charge in [0.15, 0.2) is 11.5 Å². The molecule has 26 heavy (non-hydrogen) atoms. The molecule has 0 bridgehead atoms. The number of carbonyl (C=O) groups excluding carboxylic acids is 2. The van der Waals surface area contributed by atoms with E-state index in [1.807, 2.05) is 0 Å². The average molecular weight is 376 g/mol. The van der Waals surface area contributed by atoms with Crippen molar-refractivity contribution in [2.24, 2.45) is 0 Å². The van der Waals surface area contributed by atoms with E-state index in [0.29, 0.717) is 16.3 Å². The van der Waals surface area contributed by atoms with Gasteiger partial charge in [0.2, 0.25) is 5.78 Å². The molecule has 0 spiro atoms. The fourth-order valence-corrected chi connectivity index (χ4v) is 3.22. The maximum Gasteiger partial charge on any atom is 0.290 e. The SMILES string of the molecule is COCCN1C(=O)C(O)=C(C(=O)c2ccc(C)o2)[C@@H]1c1cccc(Cl)c1. The van der Waals surface area contributed by atoms with Crippen molar-refractivity contribution >= 4 is 23.3 Å². The van der Waals surface area contributed by atoms with Gasteiger partial charge in [-0.2, -0.15) is 0 Å². The second-order valence-corrected chi connectivity index (χ2v) is 6.39. The van der Waals surface area contributed by atoms with Gasteiger partial charge < -0.3 is 19.2 Å². The Labute approximate surface area is 155 Å². The van der Waals surface area contributed by atoms with Crippen molar-refractivity contribution in [1.29, 1.82) is 0 Å². The Bertz CT molecular complexity index is 886. The molecule has 0 unspecified atom stereocenters. The molecular weight excluding hydrogens is 358 g/mol. The van der Waals surface area contributed by atoms with E-state index in [1.54, 1.807) is 37.3 Å². The number of hydrogen-bond acceptors (Lipinski definition) is 5. The number of Topliss-reactive ketones (excluding diaryl/α,β-unsaturated/α-hetero) is 1. The Morgan fingerprint density at radius 1 is 1.35 bits per heavy atom. The molecule has 1 aromatic carbocycles. The van der Waals surface area contributed by atoms with Crippen LogP contribution in [-0.4, -0.2) is 42.0 Å². The van der Waals surface area contributed by atoms with Crippen molar-refractivity contribution < 1.29 is 23.8 Å². The van der Waals surface area contributed by atoms with Gasteiger partial charge >= 0.3 is 0 Å². The zero-order chi connectivity index (χ0) is 18.8. The number of benzene rings is 1. The minimum absolute atomic E-state index is 0.0253. The predicted octanol–water partition coefficient (Wildman–Crippen LogP) is 3.47. The number of aryl methyl sites for hydroxylation is 1. The number of hydrogen-bond donors (Lipinski definition) is 1. The highest BCUT2D eigenvalue weighted by molar-refractivity contribution is 6.30. The van der Waals surface area contributed by atoms with Crippen molar-refractivity contribution in [3.63, 3.8) is 0 Å². The summed E-state index contributed by atoms with van der Waals surface area (Å²) in [5.41, 5.74) is 0.598. The van der Waals surface area contributed by atoms with Crippen LogP contribution in [0.2, 0.25) is 5.02 Å². The van der Waals surface area contributed by atoms with Gasteiger partial charge in [-0.25, -0.2) is 0 Å². The van der Waals surface area contributed by atoms with Crippen molar-refractivity contribution in [2.75, 3.05) is 20.3 Å². The van der Waals surface area contributed by atoms with Crippen LogP contribution in [0.1, 0.15) is 27.9 Å².